The highest BCUT2D eigenvalue weighted by molar-refractivity contribution is 7.90. The predicted octanol–water partition coefficient (Wildman–Crippen LogP) is 1.99. The van der Waals surface area contributed by atoms with Crippen LogP contribution in [0.25, 0.3) is 0 Å². The van der Waals surface area contributed by atoms with Crippen LogP contribution in [0, 0.1) is 11.8 Å². The molecule has 1 aromatic heterocycles. The molecule has 1 amide bonds. The summed E-state index contributed by atoms with van der Waals surface area (Å²) in [5.41, 5.74) is 1.19. The van der Waals surface area contributed by atoms with E-state index in [9.17, 15) is 18.0 Å². The maximum absolute atomic E-state index is 13.3. The Morgan fingerprint density at radius 2 is 1.80 bits per heavy atom. The molecule has 1 saturated heterocycles. The summed E-state index contributed by atoms with van der Waals surface area (Å²) in [5, 5.41) is 2.92. The van der Waals surface area contributed by atoms with Gasteiger partial charge in [0.25, 0.3) is 10.0 Å². The number of ketones is 1. The minimum atomic E-state index is -3.99. The van der Waals surface area contributed by atoms with E-state index in [2.05, 4.69) is 14.7 Å². The number of likely N-dealkylation sites (tertiary alicyclic amines) is 1. The number of aromatic nitrogens is 1. The first-order chi connectivity index (χ1) is 14.4. The lowest BCUT2D eigenvalue weighted by Crippen LogP contribution is -2.37. The molecule has 9 heteroatoms. The number of anilines is 1. The van der Waals surface area contributed by atoms with Crippen LogP contribution >= 0.6 is 0 Å². The van der Waals surface area contributed by atoms with Crippen molar-refractivity contribution in [3.8, 4) is 0 Å². The highest BCUT2D eigenvalue weighted by atomic mass is 32.2. The standard InChI is InChI=1S/C21H20N4O4S/c26-19-16(11-13-5-6-13)25(12-14-7-9-22-10-8-14)21(27)18(19)20-23-15-3-1-2-4-17(15)30(28,29)24-20/h1-4,7-10,13,16,18H,5-6,11-12H2,(H,23,24)/t16-,18?/m0/s1. The summed E-state index contributed by atoms with van der Waals surface area (Å²) in [6.45, 7) is 0.275. The Hall–Kier alpha value is -3.07. The van der Waals surface area contributed by atoms with Gasteiger partial charge in [0.1, 0.15) is 10.7 Å². The molecule has 1 unspecified atom stereocenters. The van der Waals surface area contributed by atoms with Gasteiger partial charge in [0.15, 0.2) is 11.7 Å². The van der Waals surface area contributed by atoms with Gasteiger partial charge in [-0.25, -0.2) is 0 Å². The summed E-state index contributed by atoms with van der Waals surface area (Å²) in [5.74, 6) is -1.62. The van der Waals surface area contributed by atoms with Crippen molar-refractivity contribution in [1.29, 1.82) is 0 Å². The van der Waals surface area contributed by atoms with E-state index in [1.165, 1.54) is 6.07 Å². The first-order valence-corrected chi connectivity index (χ1v) is 11.3. The Labute approximate surface area is 174 Å². The number of amides is 1. The molecule has 2 aliphatic heterocycles. The van der Waals surface area contributed by atoms with Gasteiger partial charge in [-0.15, -0.1) is 4.40 Å². The fraction of sp³-hybridized carbons (Fsp3) is 0.333. The lowest BCUT2D eigenvalue weighted by Gasteiger charge is -2.23. The molecule has 2 atom stereocenters. The normalized spacial score (nSPS) is 24.9. The lowest BCUT2D eigenvalue weighted by molar-refractivity contribution is -0.131. The molecule has 2 fully saturated rings. The third-order valence-electron chi connectivity index (χ3n) is 5.79. The van der Waals surface area contributed by atoms with Gasteiger partial charge < -0.3 is 10.2 Å². The Morgan fingerprint density at radius 3 is 2.53 bits per heavy atom. The number of carbonyl (C=O) groups is 2. The van der Waals surface area contributed by atoms with E-state index in [0.717, 1.165) is 18.4 Å². The van der Waals surface area contributed by atoms with Crippen molar-refractivity contribution in [3.05, 3.63) is 54.4 Å². The molecule has 8 nitrogen and oxygen atoms in total. The van der Waals surface area contributed by atoms with Gasteiger partial charge in [0.2, 0.25) is 5.91 Å². The van der Waals surface area contributed by atoms with Crippen molar-refractivity contribution in [2.75, 3.05) is 5.32 Å². The number of hydrogen-bond acceptors (Lipinski definition) is 6. The van der Waals surface area contributed by atoms with Crippen molar-refractivity contribution in [1.82, 2.24) is 9.88 Å². The number of nitrogens with zero attached hydrogens (tertiary/aromatic N) is 3. The average molecular weight is 424 g/mol. The van der Waals surface area contributed by atoms with E-state index in [1.54, 1.807) is 47.6 Å². The molecule has 30 heavy (non-hydrogen) atoms. The zero-order chi connectivity index (χ0) is 20.9. The maximum atomic E-state index is 13.3. The Balaban J connectivity index is 1.50. The largest absolute Gasteiger partial charge is 0.341 e. The van der Waals surface area contributed by atoms with E-state index in [4.69, 9.17) is 0 Å². The molecule has 1 aliphatic carbocycles. The summed E-state index contributed by atoms with van der Waals surface area (Å²) in [6.07, 6.45) is 5.98. The second kappa shape index (κ2) is 7.02. The zero-order valence-corrected chi connectivity index (χ0v) is 16.9. The van der Waals surface area contributed by atoms with Crippen LogP contribution in [0.4, 0.5) is 5.69 Å². The zero-order valence-electron chi connectivity index (χ0n) is 16.1. The van der Waals surface area contributed by atoms with Crippen molar-refractivity contribution in [3.63, 3.8) is 0 Å². The Kier molecular flexibility index (Phi) is 4.43. The third-order valence-corrected chi connectivity index (χ3v) is 7.14. The number of pyridine rings is 1. The highest BCUT2D eigenvalue weighted by Gasteiger charge is 2.52. The van der Waals surface area contributed by atoms with Gasteiger partial charge in [-0.2, -0.15) is 8.42 Å². The molecular weight excluding hydrogens is 404 g/mol. The SMILES string of the molecule is O=C1C(C2=NS(=O)(=O)c3ccccc3N2)C(=O)N(Cc2ccncc2)[C@H]1CC1CC1. The molecule has 0 bridgehead atoms. The second-order valence-electron chi connectivity index (χ2n) is 7.92. The van der Waals surface area contributed by atoms with Gasteiger partial charge in [-0.1, -0.05) is 25.0 Å². The molecule has 1 saturated carbocycles. The number of nitrogens with one attached hydrogen (secondary N) is 1. The van der Waals surface area contributed by atoms with Gasteiger partial charge in [-0.05, 0) is 42.2 Å². The van der Waals surface area contributed by atoms with Crippen LogP contribution in [0.2, 0.25) is 0 Å². The van der Waals surface area contributed by atoms with Crippen molar-refractivity contribution >= 4 is 33.2 Å². The molecule has 5 rings (SSSR count). The molecule has 3 aliphatic rings. The van der Waals surface area contributed by atoms with E-state index in [1.807, 2.05) is 0 Å². The number of fused-ring (bicyclic) bond motifs is 1. The van der Waals surface area contributed by atoms with Gasteiger partial charge in [-0.3, -0.25) is 14.6 Å². The van der Waals surface area contributed by atoms with Crippen LogP contribution in [0.1, 0.15) is 24.8 Å². The van der Waals surface area contributed by atoms with Crippen molar-refractivity contribution in [2.24, 2.45) is 16.2 Å². The average Bonchev–Trinajstić information content (AvgIpc) is 3.51. The van der Waals surface area contributed by atoms with Gasteiger partial charge >= 0.3 is 0 Å². The number of hydrogen-bond donors (Lipinski definition) is 1. The van der Waals surface area contributed by atoms with E-state index in [-0.39, 0.29) is 23.1 Å². The summed E-state index contributed by atoms with van der Waals surface area (Å²) < 4.78 is 29.1. The fourth-order valence-electron chi connectivity index (χ4n) is 4.08. The molecule has 0 spiro atoms. The molecule has 0 radical (unpaired) electrons. The van der Waals surface area contributed by atoms with Crippen LogP contribution in [0.5, 0.6) is 0 Å². The number of rotatable bonds is 5. The summed E-state index contributed by atoms with van der Waals surface area (Å²) in [7, 11) is -3.99. The van der Waals surface area contributed by atoms with E-state index in [0.29, 0.717) is 18.0 Å². The molecular formula is C21H20N4O4S. The molecule has 1 aromatic carbocycles. The second-order valence-corrected chi connectivity index (χ2v) is 9.50. The number of amidine groups is 1. The van der Waals surface area contributed by atoms with Gasteiger partial charge in [0.05, 0.1) is 11.7 Å². The first kappa shape index (κ1) is 18.9. The smallest absolute Gasteiger partial charge is 0.286 e. The summed E-state index contributed by atoms with van der Waals surface area (Å²) in [4.78, 5) is 32.2. The molecule has 154 valence electrons. The van der Waals surface area contributed by atoms with E-state index < -0.39 is 27.9 Å². The maximum Gasteiger partial charge on any atom is 0.286 e. The fourth-order valence-corrected chi connectivity index (χ4v) is 5.24. The third kappa shape index (κ3) is 3.28. The van der Waals surface area contributed by atoms with Crippen LogP contribution in [0.3, 0.4) is 0 Å². The van der Waals surface area contributed by atoms with Crippen LogP contribution in [-0.2, 0) is 26.2 Å². The van der Waals surface area contributed by atoms with Gasteiger partial charge in [0, 0.05) is 18.9 Å². The predicted molar refractivity (Wildman–Crippen MR) is 109 cm³/mol. The lowest BCUT2D eigenvalue weighted by atomic mass is 9.98. The molecule has 2 aromatic rings. The minimum Gasteiger partial charge on any atom is -0.341 e. The minimum absolute atomic E-state index is 0.0369. The number of carbonyl (C=O) groups excluding carboxylic acids is 2. The number of sulfonamides is 1. The van der Waals surface area contributed by atoms with Crippen molar-refractivity contribution in [2.45, 2.75) is 36.7 Å². The van der Waals surface area contributed by atoms with Crippen LogP contribution in [-0.4, -0.2) is 41.9 Å². The van der Waals surface area contributed by atoms with Crippen LogP contribution < -0.4 is 5.32 Å². The highest BCUT2D eigenvalue weighted by Crippen LogP contribution is 2.39. The quantitative estimate of drug-likeness (QED) is 0.736. The summed E-state index contributed by atoms with van der Waals surface area (Å²) in [6, 6.07) is 9.37. The molecule has 1 N–H and O–H groups in total. The summed E-state index contributed by atoms with van der Waals surface area (Å²) >= 11 is 0. The first-order valence-electron chi connectivity index (χ1n) is 9.88. The van der Waals surface area contributed by atoms with E-state index >= 15 is 0 Å². The van der Waals surface area contributed by atoms with Crippen LogP contribution in [0.15, 0.2) is 58.1 Å². The number of para-hydroxylation sites is 1. The Morgan fingerprint density at radius 1 is 1.07 bits per heavy atom. The van der Waals surface area contributed by atoms with Crippen molar-refractivity contribution < 1.29 is 18.0 Å². The number of Topliss-reactive ketones (excluding diaryl/α,β-unsaturated/α-hetero) is 1. The number of benzene rings is 1. The topological polar surface area (TPSA) is 109 Å². The Bertz CT molecular complexity index is 1160. The monoisotopic (exact) mass is 424 g/mol. The molecule has 3 heterocycles.